The minimum atomic E-state index is -1.78. The maximum absolute atomic E-state index is 12.0. The maximum atomic E-state index is 12.0. The molecule has 1 amide bonds. The van der Waals surface area contributed by atoms with Crippen molar-refractivity contribution in [1.29, 1.82) is 0 Å². The van der Waals surface area contributed by atoms with Crippen LogP contribution in [-0.2, 0) is 41.6 Å². The van der Waals surface area contributed by atoms with Gasteiger partial charge in [-0.15, -0.1) is 6.58 Å². The molecular weight excluding hydrogens is 1910 g/mol. The van der Waals surface area contributed by atoms with Crippen molar-refractivity contribution in [3.63, 3.8) is 0 Å². The molecule has 1 aliphatic carbocycles. The fourth-order valence-electron chi connectivity index (χ4n) is 10.6. The molecule has 15 nitrogen and oxygen atoms in total. The molecule has 1 aliphatic heterocycles. The average Bonchev–Trinajstić information content (AvgIpc) is 1.55. The van der Waals surface area contributed by atoms with Crippen molar-refractivity contribution in [2.45, 2.75) is 273 Å². The fraction of sp³-hybridized carbons (Fsp3) is 0.550. The van der Waals surface area contributed by atoms with Gasteiger partial charge in [0.2, 0.25) is 0 Å². The van der Waals surface area contributed by atoms with Crippen molar-refractivity contribution < 1.29 is 24.2 Å². The molecule has 8 rings (SSSR count). The van der Waals surface area contributed by atoms with Gasteiger partial charge >= 0.3 is 120 Å². The predicted octanol–water partition coefficient (Wildman–Crippen LogP) is 24.9. The van der Waals surface area contributed by atoms with E-state index in [0.29, 0.717) is 16.8 Å². The van der Waals surface area contributed by atoms with E-state index in [-0.39, 0.29) is 22.5 Å². The zero-order chi connectivity index (χ0) is 78.6. The number of nitrogen functional groups attached to an aromatic ring is 1. The number of ether oxygens (including phenoxy) is 1. The van der Waals surface area contributed by atoms with Gasteiger partial charge in [0.15, 0.2) is 6.20 Å². The summed E-state index contributed by atoms with van der Waals surface area (Å²) in [4.78, 5) is 45.0. The van der Waals surface area contributed by atoms with E-state index < -0.39 is 42.1 Å². The Morgan fingerprint density at radius 3 is 1.49 bits per heavy atom. The molecule has 103 heavy (non-hydrogen) atoms. The molecule has 0 radical (unpaired) electrons. The predicted molar refractivity (Wildman–Crippen MR) is 468 cm³/mol. The summed E-state index contributed by atoms with van der Waals surface area (Å²) in [6.07, 6.45) is 30.4. The second-order valence-electron chi connectivity index (χ2n) is 29.2. The normalized spacial score (nSPS) is 14.6. The van der Waals surface area contributed by atoms with Crippen LogP contribution in [0.15, 0.2) is 151 Å². The first kappa shape index (κ1) is 99.9. The molecule has 2 aliphatic rings. The van der Waals surface area contributed by atoms with Crippen LogP contribution in [-0.4, -0.2) is 94.1 Å². The number of nitrogens with two attached hydrogens (primary N) is 2. The summed E-state index contributed by atoms with van der Waals surface area (Å²) in [5.74, 6) is 0.590. The second-order valence-corrected chi connectivity index (χ2v) is 49.3. The molecule has 6 N–H and O–H groups in total. The zero-order valence-corrected chi connectivity index (χ0v) is 79.3. The third-order valence-corrected chi connectivity index (χ3v) is 34.0. The van der Waals surface area contributed by atoms with Gasteiger partial charge in [0.05, 0.1) is 0 Å². The van der Waals surface area contributed by atoms with E-state index >= 15 is 0 Å². The maximum Gasteiger partial charge on any atom is 0.411 e. The largest absolute Gasteiger partial charge is 0.618 e. The van der Waals surface area contributed by atoms with Crippen LogP contribution in [0.3, 0.4) is 0 Å². The standard InChI is InChI=1S/C12H19BrN2.C12H19NO4.C8H11BrN2.C8H10BrNO.C8H10BrN.C8H8BrN.C5H3BrIN.C4H11N.3C4H9.C3H5.Sn/c1-5-6-9-7-10(13)14-11(8-9)15-12(2,3)4;1-11(2,3)17-10(16)13-7(9(14)15)5-12(4)6-8(12)13;1-2-3-6-4-7(9)11-8(10)5-6;1-2-3-7-4-5-10(11)8(9)6-7;2*1-2-3-7-4-5-10-8(9)6-7;6-5-3-4(7)1-2-8-5;1-4(2,3)5;3*1-3-4-2;1-3-2;/h7-8H,5-6H2,1-4H3,(H,14,15);7-8H,5-6H2,1-4H3,(H,14,15);4-5H,2-3H2,1H3,(H2,10,11);4-6H,2-3H2,1H3;4-6H,2-3H2,1H3;2,4-6H,1,3H2;1-3H;5H2,1-3H3;3*1,3-4H2,2H3;3H,1-2H2;/t;7-,8+,12-;;;;;;;;;;;/m.0.........../s1. The van der Waals surface area contributed by atoms with Crippen LogP contribution < -0.4 is 21.5 Å². The van der Waals surface area contributed by atoms with E-state index in [4.69, 9.17) is 21.3 Å². The number of hydrogen-bond acceptors (Lipinski definition) is 12. The van der Waals surface area contributed by atoms with Crippen molar-refractivity contribution in [2.75, 3.05) is 11.1 Å². The van der Waals surface area contributed by atoms with E-state index in [9.17, 15) is 14.8 Å². The smallest absolute Gasteiger partial charge is 0.411 e. The number of fused-ring (bicyclic) bond motifs is 1. The van der Waals surface area contributed by atoms with E-state index in [0.717, 1.165) is 91.4 Å². The number of aryl methyl sites for hydroxylation is 4. The number of aliphatic carboxylic acids is 1. The van der Waals surface area contributed by atoms with Crippen molar-refractivity contribution in [3.8, 4) is 0 Å². The molecule has 6 aromatic heterocycles. The van der Waals surface area contributed by atoms with Crippen LogP contribution in [0.25, 0.3) is 0 Å². The number of unbranched alkanes of at least 4 members (excludes halogenated alkanes) is 3. The average molecular weight is 2030 g/mol. The Morgan fingerprint density at radius 1 is 0.650 bits per heavy atom. The summed E-state index contributed by atoms with van der Waals surface area (Å²) in [5, 5.41) is 23.4. The molecule has 0 spiro atoms. The molecule has 0 bridgehead atoms. The minimum Gasteiger partial charge on any atom is -0.618 e. The molecule has 3 atom stereocenters. The Labute approximate surface area is 689 Å². The van der Waals surface area contributed by atoms with Crippen LogP contribution in [0.4, 0.5) is 16.4 Å². The summed E-state index contributed by atoms with van der Waals surface area (Å²) in [7, 11) is 0. The molecule has 1 saturated heterocycles. The molecule has 1 saturated carbocycles. The number of allylic oxidation sites excluding steroid dienone is 2. The Morgan fingerprint density at radius 2 is 1.09 bits per heavy atom. The van der Waals surface area contributed by atoms with E-state index in [1.807, 2.05) is 94.6 Å². The summed E-state index contributed by atoms with van der Waals surface area (Å²) >= 11 is 20.2. The van der Waals surface area contributed by atoms with Gasteiger partial charge in [-0.05, 0) is 303 Å². The van der Waals surface area contributed by atoms with E-state index in [1.165, 1.54) is 91.9 Å². The first-order valence-corrected chi connectivity index (χ1v) is 50.1. The quantitative estimate of drug-likeness (QED) is 0.0117. The number of piperidine rings is 1. The van der Waals surface area contributed by atoms with Crippen LogP contribution >= 0.6 is 118 Å². The third kappa shape index (κ3) is 48.8. The number of rotatable bonds is 23. The molecule has 6 aromatic rings. The van der Waals surface area contributed by atoms with Gasteiger partial charge in [-0.2, -0.15) is 4.73 Å². The summed E-state index contributed by atoms with van der Waals surface area (Å²) < 4.78 is 18.6. The van der Waals surface area contributed by atoms with Crippen LogP contribution in [0.1, 0.15) is 223 Å². The number of carboxylic acid groups (broad SMARTS) is 1. The van der Waals surface area contributed by atoms with E-state index in [2.05, 4.69) is 255 Å². The number of nitrogens with one attached hydrogen (secondary N) is 1. The van der Waals surface area contributed by atoms with Crippen molar-refractivity contribution >= 4 is 160 Å². The number of amides is 1. The van der Waals surface area contributed by atoms with Gasteiger partial charge in [0.1, 0.15) is 46.3 Å². The SMILES string of the molecule is Brc1cc(I)ccn1.C=CCc1ccnc(Br)c1.C=C[CH2][Sn]([CH2]CCC)([CH2]CCC)[CH2]CCC.CC(C)(C)N.CC(C)(C)OC(=O)N1[C@H](C(=O)O)C[C@@]2(C)C[C@@H]12.CCCc1cc(Br)nc(NC(C)(C)C)c1.CCCc1cc(N)nc(Br)c1.CCCc1cc[n+]([O-])c(Br)c1.CCCc1ccnc(Br)c1. The molecule has 576 valence electrons. The van der Waals surface area contributed by atoms with Crippen molar-refractivity contribution in [1.82, 2.24) is 29.8 Å². The summed E-state index contributed by atoms with van der Waals surface area (Å²) in [6.45, 7) is 43.0. The van der Waals surface area contributed by atoms with E-state index in [1.54, 1.807) is 46.5 Å². The third-order valence-electron chi connectivity index (χ3n) is 15.3. The van der Waals surface area contributed by atoms with Gasteiger partial charge in [0, 0.05) is 67.3 Å². The topological polar surface area (TPSA) is 222 Å². The number of pyridine rings is 6. The number of anilines is 2. The Bertz CT molecular complexity index is 3330. The molecule has 0 unspecified atom stereocenters. The number of nitrogens with zero attached hydrogens (tertiary/aromatic N) is 7. The monoisotopic (exact) mass is 2020 g/mol. The van der Waals surface area contributed by atoms with Crippen LogP contribution in [0, 0.1) is 14.2 Å². The second kappa shape index (κ2) is 53.7. The first-order chi connectivity index (χ1) is 48.2. The first-order valence-electron chi connectivity index (χ1n) is 36.2. The van der Waals surface area contributed by atoms with Gasteiger partial charge in [-0.3, -0.25) is 4.90 Å². The van der Waals surface area contributed by atoms with Crippen LogP contribution in [0.2, 0.25) is 17.7 Å². The Kier molecular flexibility index (Phi) is 52.0. The van der Waals surface area contributed by atoms with Gasteiger partial charge in [0.25, 0.3) is 4.60 Å². The Balaban J connectivity index is 0.00000115. The number of likely N-dealkylation sites (tertiary alicyclic amines) is 1. The summed E-state index contributed by atoms with van der Waals surface area (Å²) in [5.41, 5.74) is 16.7. The van der Waals surface area contributed by atoms with Gasteiger partial charge in [-0.1, -0.05) is 66.4 Å². The molecule has 2 fully saturated rings. The number of hydrogen-bond donors (Lipinski definition) is 4. The molecular formula is C80H123Br6IN10O5Sn. The zero-order valence-electron chi connectivity index (χ0n) is 64.8. The Hall–Kier alpha value is -3.11. The molecule has 23 heteroatoms. The number of aromatic nitrogens is 6. The number of carbonyl (C=O) groups excluding carboxylic acids is 1. The van der Waals surface area contributed by atoms with Gasteiger partial charge in [-0.25, -0.2) is 34.5 Å². The number of carbonyl (C=O) groups is 2. The molecule has 0 aromatic carbocycles. The number of halogens is 7. The van der Waals surface area contributed by atoms with Crippen LogP contribution in [0.5, 0.6) is 0 Å². The number of carboxylic acids is 1. The minimum absolute atomic E-state index is 0. The van der Waals surface area contributed by atoms with Crippen molar-refractivity contribution in [3.05, 3.63) is 187 Å². The van der Waals surface area contributed by atoms with Gasteiger partial charge < -0.3 is 31.8 Å². The fourth-order valence-corrected chi connectivity index (χ4v) is 29.1. The molecule has 7 heterocycles. The summed E-state index contributed by atoms with van der Waals surface area (Å²) in [6, 6.07) is 23.1. The van der Waals surface area contributed by atoms with Crippen molar-refractivity contribution in [2.24, 2.45) is 11.1 Å².